The molecule has 0 amide bonds. The Bertz CT molecular complexity index is 163. The molecule has 0 N–H and O–H groups in total. The summed E-state index contributed by atoms with van der Waals surface area (Å²) in [5.74, 6) is 0.749. The van der Waals surface area contributed by atoms with Crippen molar-refractivity contribution in [2.24, 2.45) is 5.92 Å². The second-order valence-electron chi connectivity index (χ2n) is 4.38. The van der Waals surface area contributed by atoms with E-state index in [4.69, 9.17) is 4.74 Å². The monoisotopic (exact) mass is 170 g/mol. The molecule has 1 atom stereocenters. The first-order valence-corrected chi connectivity index (χ1v) is 4.63. The number of ether oxygens (including phenoxy) is 1. The highest BCUT2D eigenvalue weighted by molar-refractivity contribution is 5.75. The van der Waals surface area contributed by atoms with Crippen LogP contribution in [0, 0.1) is 5.92 Å². The molecule has 1 rings (SSSR count). The van der Waals surface area contributed by atoms with Gasteiger partial charge in [-0.3, -0.25) is 0 Å². The van der Waals surface area contributed by atoms with Gasteiger partial charge in [0.05, 0.1) is 12.2 Å². The number of Topliss-reactive ketones (excluding diaryl/α,β-unsaturated/α-hetero) is 1. The molecule has 0 radical (unpaired) electrons. The molecule has 0 aromatic carbocycles. The van der Waals surface area contributed by atoms with E-state index >= 15 is 0 Å². The first-order valence-electron chi connectivity index (χ1n) is 4.63. The summed E-state index contributed by atoms with van der Waals surface area (Å²) >= 11 is 0. The lowest BCUT2D eigenvalue weighted by Gasteiger charge is -2.34. The van der Waals surface area contributed by atoms with E-state index in [1.54, 1.807) is 6.92 Å². The van der Waals surface area contributed by atoms with Crippen molar-refractivity contribution < 1.29 is 9.53 Å². The fourth-order valence-corrected chi connectivity index (χ4v) is 1.62. The molecule has 2 nitrogen and oxygen atoms in total. The van der Waals surface area contributed by atoms with Crippen LogP contribution in [0.1, 0.15) is 40.0 Å². The fraction of sp³-hybridized carbons (Fsp3) is 0.900. The molecular formula is C10H18O2. The second kappa shape index (κ2) is 3.56. The molecule has 1 aliphatic rings. The lowest BCUT2D eigenvalue weighted by molar-refractivity contribution is -0.122. The Morgan fingerprint density at radius 1 is 1.58 bits per heavy atom. The summed E-state index contributed by atoms with van der Waals surface area (Å²) in [5, 5.41) is 0. The smallest absolute Gasteiger partial charge is 0.130 e. The normalized spacial score (nSPS) is 28.4. The van der Waals surface area contributed by atoms with Crippen LogP contribution in [0.15, 0.2) is 0 Å². The summed E-state index contributed by atoms with van der Waals surface area (Å²) < 4.78 is 5.63. The molecule has 0 aromatic heterocycles. The van der Waals surface area contributed by atoms with E-state index in [-0.39, 0.29) is 11.4 Å². The maximum absolute atomic E-state index is 10.8. The third-order valence-electron chi connectivity index (χ3n) is 2.44. The molecule has 1 aliphatic heterocycles. The van der Waals surface area contributed by atoms with Crippen LogP contribution in [0.5, 0.6) is 0 Å². The van der Waals surface area contributed by atoms with Gasteiger partial charge in [-0.2, -0.15) is 0 Å². The van der Waals surface area contributed by atoms with E-state index in [1.165, 1.54) is 0 Å². The van der Waals surface area contributed by atoms with Gasteiger partial charge in [0, 0.05) is 6.42 Å². The third kappa shape index (κ3) is 2.94. The summed E-state index contributed by atoms with van der Waals surface area (Å²) in [5.41, 5.74) is 0.0350. The second-order valence-corrected chi connectivity index (χ2v) is 4.38. The molecule has 0 spiro atoms. The van der Waals surface area contributed by atoms with Gasteiger partial charge in [0.15, 0.2) is 0 Å². The van der Waals surface area contributed by atoms with Gasteiger partial charge in [0.2, 0.25) is 0 Å². The number of carbonyl (C=O) groups is 1. The topological polar surface area (TPSA) is 26.3 Å². The number of ketones is 1. The summed E-state index contributed by atoms with van der Waals surface area (Å²) in [6.07, 6.45) is 2.90. The van der Waals surface area contributed by atoms with Crippen molar-refractivity contribution in [2.75, 3.05) is 6.61 Å². The van der Waals surface area contributed by atoms with Crippen molar-refractivity contribution in [2.45, 2.75) is 45.6 Å². The Morgan fingerprint density at radius 2 is 2.25 bits per heavy atom. The van der Waals surface area contributed by atoms with Gasteiger partial charge in [-0.1, -0.05) is 0 Å². The number of hydrogen-bond donors (Lipinski definition) is 0. The lowest BCUT2D eigenvalue weighted by atomic mass is 9.89. The highest BCUT2D eigenvalue weighted by Crippen LogP contribution is 2.28. The minimum absolute atomic E-state index is 0.0350. The van der Waals surface area contributed by atoms with Crippen LogP contribution in [0.2, 0.25) is 0 Å². The molecule has 1 heterocycles. The summed E-state index contributed by atoms with van der Waals surface area (Å²) in [6.45, 7) is 6.63. The van der Waals surface area contributed by atoms with E-state index in [9.17, 15) is 4.79 Å². The van der Waals surface area contributed by atoms with Crippen LogP contribution in [0.3, 0.4) is 0 Å². The van der Waals surface area contributed by atoms with Gasteiger partial charge in [-0.05, 0) is 39.5 Å². The van der Waals surface area contributed by atoms with Crippen molar-refractivity contribution in [3.63, 3.8) is 0 Å². The van der Waals surface area contributed by atoms with Crippen molar-refractivity contribution in [1.29, 1.82) is 0 Å². The van der Waals surface area contributed by atoms with E-state index in [0.717, 1.165) is 19.4 Å². The molecule has 1 fully saturated rings. The minimum Gasteiger partial charge on any atom is -0.375 e. The van der Waals surface area contributed by atoms with E-state index in [0.29, 0.717) is 12.3 Å². The Balaban J connectivity index is 2.31. The van der Waals surface area contributed by atoms with Crippen molar-refractivity contribution >= 4 is 5.78 Å². The molecule has 1 saturated heterocycles. The van der Waals surface area contributed by atoms with Crippen LogP contribution in [0.25, 0.3) is 0 Å². The maximum Gasteiger partial charge on any atom is 0.130 e. The van der Waals surface area contributed by atoms with E-state index in [2.05, 4.69) is 13.8 Å². The zero-order chi connectivity index (χ0) is 9.19. The SMILES string of the molecule is CC(=O)CC1CCC(C)(C)OC1. The first-order chi connectivity index (χ1) is 5.49. The summed E-state index contributed by atoms with van der Waals surface area (Å²) in [4.78, 5) is 10.8. The number of rotatable bonds is 2. The third-order valence-corrected chi connectivity index (χ3v) is 2.44. The predicted molar refractivity (Wildman–Crippen MR) is 48.1 cm³/mol. The molecular weight excluding hydrogens is 152 g/mol. The van der Waals surface area contributed by atoms with Gasteiger partial charge in [0.25, 0.3) is 0 Å². The van der Waals surface area contributed by atoms with Crippen LogP contribution in [-0.4, -0.2) is 18.0 Å². The van der Waals surface area contributed by atoms with Crippen LogP contribution >= 0.6 is 0 Å². The van der Waals surface area contributed by atoms with Crippen LogP contribution in [-0.2, 0) is 9.53 Å². The predicted octanol–water partition coefficient (Wildman–Crippen LogP) is 2.17. The summed E-state index contributed by atoms with van der Waals surface area (Å²) in [7, 11) is 0. The highest BCUT2D eigenvalue weighted by atomic mass is 16.5. The zero-order valence-corrected chi connectivity index (χ0v) is 8.22. The quantitative estimate of drug-likeness (QED) is 0.635. The minimum atomic E-state index is 0.0350. The molecule has 12 heavy (non-hydrogen) atoms. The average molecular weight is 170 g/mol. The average Bonchev–Trinajstić information content (AvgIpc) is 1.93. The van der Waals surface area contributed by atoms with Crippen molar-refractivity contribution in [1.82, 2.24) is 0 Å². The molecule has 2 heteroatoms. The van der Waals surface area contributed by atoms with Gasteiger partial charge in [-0.15, -0.1) is 0 Å². The fourth-order valence-electron chi connectivity index (χ4n) is 1.62. The van der Waals surface area contributed by atoms with Crippen LogP contribution < -0.4 is 0 Å². The molecule has 0 saturated carbocycles. The van der Waals surface area contributed by atoms with E-state index in [1.807, 2.05) is 0 Å². The molecule has 0 aliphatic carbocycles. The largest absolute Gasteiger partial charge is 0.375 e. The Hall–Kier alpha value is -0.370. The molecule has 70 valence electrons. The molecule has 1 unspecified atom stereocenters. The van der Waals surface area contributed by atoms with Crippen LogP contribution in [0.4, 0.5) is 0 Å². The Morgan fingerprint density at radius 3 is 2.67 bits per heavy atom. The van der Waals surface area contributed by atoms with Crippen molar-refractivity contribution in [3.8, 4) is 0 Å². The Labute approximate surface area is 74.3 Å². The summed E-state index contributed by atoms with van der Waals surface area (Å²) in [6, 6.07) is 0. The highest BCUT2D eigenvalue weighted by Gasteiger charge is 2.27. The molecule has 0 aromatic rings. The van der Waals surface area contributed by atoms with Gasteiger partial charge < -0.3 is 9.53 Å². The van der Waals surface area contributed by atoms with E-state index < -0.39 is 0 Å². The van der Waals surface area contributed by atoms with Gasteiger partial charge in [-0.25, -0.2) is 0 Å². The number of carbonyl (C=O) groups excluding carboxylic acids is 1. The van der Waals surface area contributed by atoms with Gasteiger partial charge in [0.1, 0.15) is 5.78 Å². The maximum atomic E-state index is 10.8. The lowest BCUT2D eigenvalue weighted by Crippen LogP contribution is -2.34. The zero-order valence-electron chi connectivity index (χ0n) is 8.22. The van der Waals surface area contributed by atoms with Gasteiger partial charge >= 0.3 is 0 Å². The standard InChI is InChI=1S/C10H18O2/c1-8(11)6-9-4-5-10(2,3)12-7-9/h9H,4-7H2,1-3H3. The first kappa shape index (κ1) is 9.72. The van der Waals surface area contributed by atoms with Crippen molar-refractivity contribution in [3.05, 3.63) is 0 Å². The number of hydrogen-bond acceptors (Lipinski definition) is 2. The Kier molecular flexibility index (Phi) is 2.89. The molecule has 0 bridgehead atoms.